The topological polar surface area (TPSA) is 55.6 Å². The zero-order valence-corrected chi connectivity index (χ0v) is 10.9. The molecule has 1 heterocycles. The fourth-order valence-corrected chi connectivity index (χ4v) is 2.36. The third-order valence-electron chi connectivity index (χ3n) is 3.44. The average Bonchev–Trinajstić information content (AvgIpc) is 3.14. The lowest BCUT2D eigenvalue weighted by Crippen LogP contribution is -2.41. The van der Waals surface area contributed by atoms with Crippen LogP contribution in [-0.4, -0.2) is 41.6 Å². The van der Waals surface area contributed by atoms with E-state index in [1.165, 1.54) is 0 Å². The first-order valence-corrected chi connectivity index (χ1v) is 6.76. The molecule has 0 aromatic rings. The molecule has 5 heteroatoms. The Hall–Kier alpha value is -0.680. The smallest absolute Gasteiger partial charge is 0.226 e. The van der Waals surface area contributed by atoms with Crippen molar-refractivity contribution in [2.75, 3.05) is 19.8 Å². The molecule has 1 aliphatic heterocycles. The average molecular weight is 256 g/mol. The zero-order valence-electron chi connectivity index (χ0n) is 10.1. The van der Waals surface area contributed by atoms with Crippen molar-refractivity contribution in [2.24, 2.45) is 11.7 Å². The molecule has 0 bridgehead atoms. The summed E-state index contributed by atoms with van der Waals surface area (Å²) < 4.78 is 5.29. The van der Waals surface area contributed by atoms with Crippen molar-refractivity contribution in [2.45, 2.75) is 38.1 Å². The van der Waals surface area contributed by atoms with Gasteiger partial charge in [-0.2, -0.15) is 0 Å². The minimum Gasteiger partial charge on any atom is -0.393 e. The van der Waals surface area contributed by atoms with Crippen LogP contribution in [0, 0.1) is 5.92 Å². The summed E-state index contributed by atoms with van der Waals surface area (Å²) in [5, 5.41) is 0. The minimum absolute atomic E-state index is 0.149. The molecule has 17 heavy (non-hydrogen) atoms. The first-order valence-electron chi connectivity index (χ1n) is 6.35. The molecule has 1 saturated heterocycles. The van der Waals surface area contributed by atoms with E-state index in [-0.39, 0.29) is 11.8 Å². The van der Waals surface area contributed by atoms with E-state index in [9.17, 15) is 4.79 Å². The molecule has 0 aromatic heterocycles. The second-order valence-corrected chi connectivity index (χ2v) is 5.39. The summed E-state index contributed by atoms with van der Waals surface area (Å²) in [5.74, 6) is 0.433. The van der Waals surface area contributed by atoms with E-state index in [1.54, 1.807) is 0 Å². The van der Waals surface area contributed by atoms with Crippen LogP contribution in [0.5, 0.6) is 0 Å². The van der Waals surface area contributed by atoms with Crippen LogP contribution in [0.3, 0.4) is 0 Å². The second kappa shape index (κ2) is 5.78. The fraction of sp³-hybridized carbons (Fsp3) is 0.833. The van der Waals surface area contributed by atoms with Gasteiger partial charge in [-0.1, -0.05) is 12.2 Å². The molecule has 2 N–H and O–H groups in total. The van der Waals surface area contributed by atoms with Gasteiger partial charge in [0.1, 0.15) is 0 Å². The number of hydrogen-bond donors (Lipinski definition) is 1. The molecule has 4 nitrogen and oxygen atoms in total. The van der Waals surface area contributed by atoms with E-state index in [1.807, 2.05) is 4.90 Å². The molecule has 96 valence electrons. The van der Waals surface area contributed by atoms with Crippen molar-refractivity contribution < 1.29 is 9.53 Å². The van der Waals surface area contributed by atoms with Crippen molar-refractivity contribution in [1.29, 1.82) is 0 Å². The highest BCUT2D eigenvalue weighted by Crippen LogP contribution is 2.30. The monoisotopic (exact) mass is 256 g/mol. The van der Waals surface area contributed by atoms with Gasteiger partial charge >= 0.3 is 0 Å². The second-order valence-electron chi connectivity index (χ2n) is 4.87. The van der Waals surface area contributed by atoms with Gasteiger partial charge in [0, 0.05) is 38.1 Å². The lowest BCUT2D eigenvalue weighted by Gasteiger charge is -2.29. The summed E-state index contributed by atoms with van der Waals surface area (Å²) in [4.78, 5) is 14.9. The Kier molecular flexibility index (Phi) is 4.34. The van der Waals surface area contributed by atoms with Gasteiger partial charge in [-0.3, -0.25) is 4.79 Å². The third-order valence-corrected chi connectivity index (χ3v) is 3.64. The summed E-state index contributed by atoms with van der Waals surface area (Å²) in [6, 6.07) is 0.444. The molecule has 1 aliphatic carbocycles. The van der Waals surface area contributed by atoms with E-state index < -0.39 is 0 Å². The minimum atomic E-state index is 0.149. The van der Waals surface area contributed by atoms with E-state index in [4.69, 9.17) is 22.7 Å². The number of rotatable bonds is 5. The van der Waals surface area contributed by atoms with E-state index >= 15 is 0 Å². The van der Waals surface area contributed by atoms with Gasteiger partial charge in [0.05, 0.1) is 4.99 Å². The van der Waals surface area contributed by atoms with E-state index in [2.05, 4.69) is 0 Å². The number of carbonyl (C=O) groups excluding carboxylic acids is 1. The standard InChI is InChI=1S/C12H20N2O2S/c13-11(17)3-6-14(10-1-2-10)12(15)9-4-7-16-8-5-9/h9-10H,1-8H2,(H2,13,17). The molecule has 2 aliphatic rings. The lowest BCUT2D eigenvalue weighted by molar-refractivity contribution is -0.139. The molecule has 0 radical (unpaired) electrons. The highest BCUT2D eigenvalue weighted by molar-refractivity contribution is 7.80. The molecule has 0 aromatic carbocycles. The molecule has 2 fully saturated rings. The van der Waals surface area contributed by atoms with Gasteiger partial charge < -0.3 is 15.4 Å². The largest absolute Gasteiger partial charge is 0.393 e. The van der Waals surface area contributed by atoms with Crippen molar-refractivity contribution in [3.63, 3.8) is 0 Å². The van der Waals surface area contributed by atoms with Gasteiger partial charge in [0.2, 0.25) is 5.91 Å². The predicted molar refractivity (Wildman–Crippen MR) is 69.7 cm³/mol. The molecule has 0 spiro atoms. The number of thiocarbonyl (C=S) groups is 1. The summed E-state index contributed by atoms with van der Waals surface area (Å²) in [5.41, 5.74) is 5.51. The number of nitrogens with two attached hydrogens (primary N) is 1. The van der Waals surface area contributed by atoms with Gasteiger partial charge in [0.15, 0.2) is 0 Å². The van der Waals surface area contributed by atoms with Gasteiger partial charge in [-0.15, -0.1) is 0 Å². The summed E-state index contributed by atoms with van der Waals surface area (Å²) in [7, 11) is 0. The Morgan fingerprint density at radius 2 is 1.94 bits per heavy atom. The van der Waals surface area contributed by atoms with Crippen LogP contribution in [0.1, 0.15) is 32.1 Å². The summed E-state index contributed by atoms with van der Waals surface area (Å²) in [6.07, 6.45) is 4.61. The predicted octanol–water partition coefficient (Wildman–Crippen LogP) is 1.08. The Balaban J connectivity index is 1.89. The number of nitrogens with zero attached hydrogens (tertiary/aromatic N) is 1. The van der Waals surface area contributed by atoms with E-state index in [0.717, 1.165) is 25.7 Å². The van der Waals surface area contributed by atoms with Crippen LogP contribution in [0.4, 0.5) is 0 Å². The maximum Gasteiger partial charge on any atom is 0.226 e. The van der Waals surface area contributed by atoms with Gasteiger partial charge in [-0.25, -0.2) is 0 Å². The Morgan fingerprint density at radius 3 is 2.47 bits per heavy atom. The van der Waals surface area contributed by atoms with Gasteiger partial charge in [-0.05, 0) is 25.7 Å². The quantitative estimate of drug-likeness (QED) is 0.748. The van der Waals surface area contributed by atoms with Crippen LogP contribution < -0.4 is 5.73 Å². The van der Waals surface area contributed by atoms with Crippen molar-refractivity contribution >= 4 is 23.1 Å². The molecular weight excluding hydrogens is 236 g/mol. The van der Waals surface area contributed by atoms with Crippen LogP contribution in [0.15, 0.2) is 0 Å². The fourth-order valence-electron chi connectivity index (χ4n) is 2.27. The van der Waals surface area contributed by atoms with Crippen molar-refractivity contribution in [3.05, 3.63) is 0 Å². The first kappa shape index (κ1) is 12.8. The first-order chi connectivity index (χ1) is 8.18. The van der Waals surface area contributed by atoms with Crippen LogP contribution >= 0.6 is 12.2 Å². The normalized spacial score (nSPS) is 21.2. The summed E-state index contributed by atoms with van der Waals surface area (Å²) in [6.45, 7) is 2.12. The van der Waals surface area contributed by atoms with Crippen LogP contribution in [0.25, 0.3) is 0 Å². The van der Waals surface area contributed by atoms with Crippen molar-refractivity contribution in [1.82, 2.24) is 4.90 Å². The molecule has 0 atom stereocenters. The maximum absolute atomic E-state index is 12.4. The zero-order chi connectivity index (χ0) is 12.3. The number of ether oxygens (including phenoxy) is 1. The highest BCUT2D eigenvalue weighted by atomic mass is 32.1. The Bertz CT molecular complexity index is 299. The maximum atomic E-state index is 12.4. The lowest BCUT2D eigenvalue weighted by atomic mass is 9.98. The SMILES string of the molecule is NC(=S)CCN(C(=O)C1CCOCC1)C1CC1. The van der Waals surface area contributed by atoms with Crippen LogP contribution in [0.2, 0.25) is 0 Å². The van der Waals surface area contributed by atoms with Gasteiger partial charge in [0.25, 0.3) is 0 Å². The molecule has 2 rings (SSSR count). The molecular formula is C12H20N2O2S. The number of carbonyl (C=O) groups is 1. The number of hydrogen-bond acceptors (Lipinski definition) is 3. The Labute approximate surface area is 107 Å². The molecule has 1 amide bonds. The highest BCUT2D eigenvalue weighted by Gasteiger charge is 2.35. The third kappa shape index (κ3) is 3.64. The molecule has 0 unspecified atom stereocenters. The Morgan fingerprint density at radius 1 is 1.29 bits per heavy atom. The number of amides is 1. The summed E-state index contributed by atoms with van der Waals surface area (Å²) >= 11 is 4.88. The van der Waals surface area contributed by atoms with Crippen LogP contribution in [-0.2, 0) is 9.53 Å². The van der Waals surface area contributed by atoms with E-state index in [0.29, 0.717) is 37.2 Å². The van der Waals surface area contributed by atoms with Crippen molar-refractivity contribution in [3.8, 4) is 0 Å². The molecule has 1 saturated carbocycles.